The van der Waals surface area contributed by atoms with Crippen molar-refractivity contribution >= 4 is 17.6 Å². The minimum absolute atomic E-state index is 0.0192. The smallest absolute Gasteiger partial charge is 0.328 e. The molecule has 3 aliphatic rings. The molecule has 0 aliphatic carbocycles. The molecule has 2 aromatic rings. The van der Waals surface area contributed by atoms with Crippen molar-refractivity contribution in [1.29, 1.82) is 0 Å². The van der Waals surface area contributed by atoms with Crippen LogP contribution in [-0.2, 0) is 22.4 Å². The van der Waals surface area contributed by atoms with E-state index in [9.17, 15) is 9.59 Å². The molecule has 0 saturated heterocycles. The average molecular weight is 483 g/mol. The Bertz CT molecular complexity index is 1100. The summed E-state index contributed by atoms with van der Waals surface area (Å²) in [4.78, 5) is 21.5. The Kier molecular flexibility index (Phi) is 7.77. The average Bonchev–Trinajstić information content (AvgIpc) is 3.09. The van der Waals surface area contributed by atoms with Gasteiger partial charge in [-0.05, 0) is 67.7 Å². The van der Waals surface area contributed by atoms with Gasteiger partial charge in [-0.25, -0.2) is 9.59 Å². The van der Waals surface area contributed by atoms with E-state index in [4.69, 9.17) is 24.4 Å². The van der Waals surface area contributed by atoms with Gasteiger partial charge in [0.05, 0.1) is 18.8 Å². The first-order chi connectivity index (χ1) is 16.9. The molecule has 3 N–H and O–H groups in total. The van der Waals surface area contributed by atoms with E-state index >= 15 is 0 Å². The summed E-state index contributed by atoms with van der Waals surface area (Å²) in [6, 6.07) is 10.2. The molecule has 0 aromatic heterocycles. The lowest BCUT2D eigenvalue weighted by atomic mass is 9.94. The molecule has 5 rings (SSSR count). The summed E-state index contributed by atoms with van der Waals surface area (Å²) in [7, 11) is 0. The highest BCUT2D eigenvalue weighted by atomic mass is 16.6. The fourth-order valence-corrected chi connectivity index (χ4v) is 4.62. The van der Waals surface area contributed by atoms with Crippen LogP contribution in [-0.4, -0.2) is 67.6 Å². The Labute approximate surface area is 203 Å². The molecule has 0 fully saturated rings. The zero-order valence-corrected chi connectivity index (χ0v) is 19.7. The Balaban J connectivity index is 0.000000314. The van der Waals surface area contributed by atoms with Crippen molar-refractivity contribution in [3.8, 4) is 17.2 Å². The monoisotopic (exact) mass is 482 g/mol. The van der Waals surface area contributed by atoms with Crippen LogP contribution in [0.25, 0.3) is 0 Å². The molecule has 0 radical (unpaired) electrons. The fourth-order valence-electron chi connectivity index (χ4n) is 4.62. The van der Waals surface area contributed by atoms with Crippen molar-refractivity contribution in [2.24, 2.45) is 0 Å². The van der Waals surface area contributed by atoms with E-state index in [1.807, 2.05) is 24.3 Å². The number of aliphatic carboxylic acids is 2. The maximum atomic E-state index is 9.55. The van der Waals surface area contributed by atoms with Gasteiger partial charge in [0.1, 0.15) is 19.0 Å². The standard InChI is InChI=1S/C22H26N2O3.C4H4O4/c1-15-18-7-9-23-8-6-16(18)12-21-22(15)24(10-11-25-21)13-17-14-26-19-4-2-3-5-20(19)27-17;5-3(6)1-2-4(7)8/h2-5,12,17,23H,6-11,13-14H2,1H3;1-2H,(H,5,6)(H,7,8)/b;2-1+. The number of carboxylic acid groups (broad SMARTS) is 2. The maximum absolute atomic E-state index is 9.55. The number of hydrogen-bond acceptors (Lipinski definition) is 7. The van der Waals surface area contributed by atoms with Crippen molar-refractivity contribution in [2.75, 3.05) is 44.3 Å². The van der Waals surface area contributed by atoms with Gasteiger partial charge in [-0.1, -0.05) is 12.1 Å². The maximum Gasteiger partial charge on any atom is 0.328 e. The van der Waals surface area contributed by atoms with Crippen LogP contribution >= 0.6 is 0 Å². The van der Waals surface area contributed by atoms with E-state index in [0.717, 1.165) is 56.3 Å². The Morgan fingerprint density at radius 1 is 1.06 bits per heavy atom. The Morgan fingerprint density at radius 3 is 2.51 bits per heavy atom. The van der Waals surface area contributed by atoms with Crippen LogP contribution in [0.2, 0.25) is 0 Å². The van der Waals surface area contributed by atoms with Crippen LogP contribution in [0, 0.1) is 6.92 Å². The van der Waals surface area contributed by atoms with E-state index in [1.54, 1.807) is 0 Å². The van der Waals surface area contributed by atoms with Crippen LogP contribution in [0.15, 0.2) is 42.5 Å². The van der Waals surface area contributed by atoms with Crippen LogP contribution in [0.5, 0.6) is 17.2 Å². The van der Waals surface area contributed by atoms with Crippen molar-refractivity contribution < 1.29 is 34.0 Å². The second-order valence-electron chi connectivity index (χ2n) is 8.54. The van der Waals surface area contributed by atoms with Gasteiger partial charge in [0.15, 0.2) is 17.6 Å². The molecule has 0 bridgehead atoms. The predicted octanol–water partition coefficient (Wildman–Crippen LogP) is 2.43. The zero-order chi connectivity index (χ0) is 24.8. The third-order valence-electron chi connectivity index (χ3n) is 6.15. The topological polar surface area (TPSA) is 118 Å². The molecule has 3 heterocycles. The molecule has 0 amide bonds. The minimum Gasteiger partial charge on any atom is -0.490 e. The number of carbonyl (C=O) groups is 2. The summed E-state index contributed by atoms with van der Waals surface area (Å²) >= 11 is 0. The molecular weight excluding hydrogens is 452 g/mol. The highest BCUT2D eigenvalue weighted by Crippen LogP contribution is 2.40. The first kappa shape index (κ1) is 24.4. The van der Waals surface area contributed by atoms with Crippen LogP contribution < -0.4 is 24.4 Å². The summed E-state index contributed by atoms with van der Waals surface area (Å²) in [6.45, 7) is 7.32. The number of anilines is 1. The molecular formula is C26H30N2O7. The van der Waals surface area contributed by atoms with Crippen molar-refractivity contribution in [3.05, 3.63) is 59.2 Å². The van der Waals surface area contributed by atoms with Gasteiger partial charge in [0.25, 0.3) is 0 Å². The number of fused-ring (bicyclic) bond motifs is 3. The number of hydrogen-bond donors (Lipinski definition) is 3. The van der Waals surface area contributed by atoms with Gasteiger partial charge < -0.3 is 34.6 Å². The quantitative estimate of drug-likeness (QED) is 0.565. The number of rotatable bonds is 4. The molecule has 1 atom stereocenters. The highest BCUT2D eigenvalue weighted by Gasteiger charge is 2.29. The van der Waals surface area contributed by atoms with Crippen LogP contribution in [0.4, 0.5) is 5.69 Å². The zero-order valence-electron chi connectivity index (χ0n) is 19.7. The molecule has 1 unspecified atom stereocenters. The lowest BCUT2D eigenvalue weighted by molar-refractivity contribution is -0.134. The summed E-state index contributed by atoms with van der Waals surface area (Å²) in [6.07, 6.45) is 3.29. The summed E-state index contributed by atoms with van der Waals surface area (Å²) in [5.74, 6) is 0.188. The van der Waals surface area contributed by atoms with Gasteiger partial charge in [-0.15, -0.1) is 0 Å². The van der Waals surface area contributed by atoms with Crippen molar-refractivity contribution in [1.82, 2.24) is 5.32 Å². The number of para-hydroxylation sites is 2. The molecule has 3 aliphatic heterocycles. The minimum atomic E-state index is -1.26. The summed E-state index contributed by atoms with van der Waals surface area (Å²) in [5.41, 5.74) is 5.53. The van der Waals surface area contributed by atoms with Gasteiger partial charge in [-0.2, -0.15) is 0 Å². The van der Waals surface area contributed by atoms with Gasteiger partial charge >= 0.3 is 11.9 Å². The van der Waals surface area contributed by atoms with E-state index in [2.05, 4.69) is 23.2 Å². The van der Waals surface area contributed by atoms with E-state index in [0.29, 0.717) is 25.4 Å². The lowest BCUT2D eigenvalue weighted by Gasteiger charge is -2.37. The third kappa shape index (κ3) is 6.05. The van der Waals surface area contributed by atoms with Crippen molar-refractivity contribution in [2.45, 2.75) is 25.9 Å². The fraction of sp³-hybridized carbons (Fsp3) is 0.385. The molecule has 0 saturated carbocycles. The Hall–Kier alpha value is -3.72. The van der Waals surface area contributed by atoms with Crippen molar-refractivity contribution in [3.63, 3.8) is 0 Å². The lowest BCUT2D eigenvalue weighted by Crippen LogP contribution is -2.44. The number of nitrogens with one attached hydrogen (secondary N) is 1. The molecule has 9 nitrogen and oxygen atoms in total. The van der Waals surface area contributed by atoms with Gasteiger partial charge in [0, 0.05) is 12.2 Å². The van der Waals surface area contributed by atoms with Crippen LogP contribution in [0.3, 0.4) is 0 Å². The van der Waals surface area contributed by atoms with E-state index in [1.165, 1.54) is 22.4 Å². The number of ether oxygens (including phenoxy) is 3. The molecule has 0 spiro atoms. The highest BCUT2D eigenvalue weighted by molar-refractivity contribution is 5.89. The predicted molar refractivity (Wildman–Crippen MR) is 130 cm³/mol. The first-order valence-electron chi connectivity index (χ1n) is 11.7. The number of carboxylic acids is 2. The SMILES string of the molecule is Cc1c2c(cc3c1N(CC1COc4ccccc4O1)CCO3)CCNCC2.O=C(O)/C=C/C(=O)O. The molecule has 9 heteroatoms. The number of benzene rings is 2. The largest absolute Gasteiger partial charge is 0.490 e. The van der Waals surface area contributed by atoms with Gasteiger partial charge in [0.2, 0.25) is 0 Å². The van der Waals surface area contributed by atoms with Gasteiger partial charge in [-0.3, -0.25) is 0 Å². The second kappa shape index (κ2) is 11.1. The number of nitrogens with zero attached hydrogens (tertiary/aromatic N) is 1. The molecule has 35 heavy (non-hydrogen) atoms. The van der Waals surface area contributed by atoms with Crippen LogP contribution in [0.1, 0.15) is 16.7 Å². The normalized spacial score (nSPS) is 18.3. The van der Waals surface area contributed by atoms with E-state index < -0.39 is 11.9 Å². The van der Waals surface area contributed by atoms with E-state index in [-0.39, 0.29) is 6.10 Å². The summed E-state index contributed by atoms with van der Waals surface area (Å²) < 4.78 is 18.2. The second-order valence-corrected chi connectivity index (χ2v) is 8.54. The molecule has 2 aromatic carbocycles. The third-order valence-corrected chi connectivity index (χ3v) is 6.15. The first-order valence-corrected chi connectivity index (χ1v) is 11.7. The summed E-state index contributed by atoms with van der Waals surface area (Å²) in [5, 5.41) is 19.1. The Morgan fingerprint density at radius 2 is 1.77 bits per heavy atom. The molecule has 186 valence electrons.